The normalized spacial score (nSPS) is 21.9. The first-order valence-corrected chi connectivity index (χ1v) is 9.76. The van der Waals surface area contributed by atoms with Crippen molar-refractivity contribution < 1.29 is 4.52 Å². The molecule has 5 rings (SSSR count). The summed E-state index contributed by atoms with van der Waals surface area (Å²) in [7, 11) is 0. The SMILES string of the molecule is Clc1cc(Cl)cc(-c2noc(N3C[C@@H]4C[C@H]3CN4Cc3ccccc3)n2)c1. The minimum atomic E-state index is 0.412. The Morgan fingerprint density at radius 3 is 2.48 bits per heavy atom. The van der Waals surface area contributed by atoms with Gasteiger partial charge in [-0.15, -0.1) is 0 Å². The van der Waals surface area contributed by atoms with Crippen LogP contribution in [0.4, 0.5) is 6.01 Å². The summed E-state index contributed by atoms with van der Waals surface area (Å²) in [6, 6.07) is 17.4. The lowest BCUT2D eigenvalue weighted by atomic mass is 10.2. The van der Waals surface area contributed by atoms with E-state index in [0.717, 1.165) is 31.6 Å². The second kappa shape index (κ2) is 6.82. The minimum absolute atomic E-state index is 0.412. The molecule has 2 aliphatic heterocycles. The molecule has 7 heteroatoms. The van der Waals surface area contributed by atoms with Gasteiger partial charge in [0.1, 0.15) is 0 Å². The molecule has 0 amide bonds. The fraction of sp³-hybridized carbons (Fsp3) is 0.300. The highest BCUT2D eigenvalue weighted by Gasteiger charge is 2.45. The second-order valence-electron chi connectivity index (χ2n) is 7.17. The predicted octanol–water partition coefficient (Wildman–Crippen LogP) is 4.51. The molecule has 2 aromatic carbocycles. The van der Waals surface area contributed by atoms with Crippen molar-refractivity contribution in [3.05, 3.63) is 64.1 Å². The topological polar surface area (TPSA) is 45.4 Å². The van der Waals surface area contributed by atoms with Crippen LogP contribution in [0.25, 0.3) is 11.4 Å². The van der Waals surface area contributed by atoms with E-state index in [4.69, 9.17) is 27.7 Å². The molecule has 2 bridgehead atoms. The Morgan fingerprint density at radius 2 is 1.78 bits per heavy atom. The van der Waals surface area contributed by atoms with E-state index in [1.807, 2.05) is 0 Å². The summed E-state index contributed by atoms with van der Waals surface area (Å²) in [5, 5.41) is 5.24. The van der Waals surface area contributed by atoms with Gasteiger partial charge in [0.2, 0.25) is 5.82 Å². The maximum atomic E-state index is 6.08. The van der Waals surface area contributed by atoms with E-state index in [1.54, 1.807) is 18.2 Å². The van der Waals surface area contributed by atoms with Crippen LogP contribution in [0.5, 0.6) is 0 Å². The van der Waals surface area contributed by atoms with E-state index < -0.39 is 0 Å². The van der Waals surface area contributed by atoms with Gasteiger partial charge in [-0.05, 0) is 30.2 Å². The summed E-state index contributed by atoms with van der Waals surface area (Å²) in [5.74, 6) is 0.512. The summed E-state index contributed by atoms with van der Waals surface area (Å²) < 4.78 is 5.55. The molecule has 0 aliphatic carbocycles. The first-order valence-electron chi connectivity index (χ1n) is 9.00. The van der Waals surface area contributed by atoms with Crippen molar-refractivity contribution in [3.8, 4) is 11.4 Å². The Labute approximate surface area is 167 Å². The molecule has 27 heavy (non-hydrogen) atoms. The minimum Gasteiger partial charge on any atom is -0.319 e. The highest BCUT2D eigenvalue weighted by atomic mass is 35.5. The molecule has 0 N–H and O–H groups in total. The van der Waals surface area contributed by atoms with Gasteiger partial charge in [0.25, 0.3) is 0 Å². The van der Waals surface area contributed by atoms with Crippen molar-refractivity contribution in [2.24, 2.45) is 0 Å². The van der Waals surface area contributed by atoms with Crippen molar-refractivity contribution >= 4 is 29.2 Å². The van der Waals surface area contributed by atoms with Gasteiger partial charge in [-0.3, -0.25) is 4.90 Å². The number of aromatic nitrogens is 2. The number of fused-ring (bicyclic) bond motifs is 2. The lowest BCUT2D eigenvalue weighted by Crippen LogP contribution is -2.46. The highest BCUT2D eigenvalue weighted by molar-refractivity contribution is 6.35. The van der Waals surface area contributed by atoms with Gasteiger partial charge in [0.05, 0.1) is 0 Å². The molecule has 3 aromatic rings. The number of piperazine rings is 1. The third-order valence-corrected chi connectivity index (χ3v) is 5.80. The van der Waals surface area contributed by atoms with Crippen molar-refractivity contribution in [1.82, 2.24) is 15.0 Å². The molecule has 0 radical (unpaired) electrons. The smallest absolute Gasteiger partial charge is 0.319 e. The zero-order chi connectivity index (χ0) is 18.4. The van der Waals surface area contributed by atoms with E-state index in [-0.39, 0.29) is 0 Å². The van der Waals surface area contributed by atoms with Crippen molar-refractivity contribution in [2.45, 2.75) is 25.0 Å². The summed E-state index contributed by atoms with van der Waals surface area (Å²) in [6.07, 6.45) is 1.13. The fourth-order valence-electron chi connectivity index (χ4n) is 4.13. The molecule has 3 heterocycles. The molecule has 2 fully saturated rings. The van der Waals surface area contributed by atoms with Crippen molar-refractivity contribution in [2.75, 3.05) is 18.0 Å². The molecular formula is C20H18Cl2N4O. The van der Waals surface area contributed by atoms with Crippen LogP contribution in [0, 0.1) is 0 Å². The highest BCUT2D eigenvalue weighted by Crippen LogP contribution is 2.35. The quantitative estimate of drug-likeness (QED) is 0.644. The van der Waals surface area contributed by atoms with Crippen LogP contribution in [0.15, 0.2) is 53.1 Å². The standard InChI is InChI=1S/C20H18Cl2N4O/c21-15-6-14(7-16(22)8-15)19-23-20(27-24-19)26-12-17-9-18(26)11-25(17)10-13-4-2-1-3-5-13/h1-8,17-18H,9-12H2/t17-,18-/m0/s1. The third-order valence-electron chi connectivity index (χ3n) is 5.36. The van der Waals surface area contributed by atoms with Crippen LogP contribution in [0.2, 0.25) is 10.0 Å². The Morgan fingerprint density at radius 1 is 1.00 bits per heavy atom. The lowest BCUT2D eigenvalue weighted by molar-refractivity contribution is 0.225. The van der Waals surface area contributed by atoms with Gasteiger partial charge in [-0.1, -0.05) is 58.7 Å². The van der Waals surface area contributed by atoms with Gasteiger partial charge in [0.15, 0.2) is 0 Å². The predicted molar refractivity (Wildman–Crippen MR) is 106 cm³/mol. The number of likely N-dealkylation sites (tertiary alicyclic amines) is 1. The van der Waals surface area contributed by atoms with E-state index in [1.165, 1.54) is 5.56 Å². The number of hydrogen-bond donors (Lipinski definition) is 0. The van der Waals surface area contributed by atoms with E-state index in [9.17, 15) is 0 Å². The Bertz CT molecular complexity index is 941. The van der Waals surface area contributed by atoms with Gasteiger partial charge in [-0.2, -0.15) is 4.98 Å². The molecule has 2 saturated heterocycles. The maximum Gasteiger partial charge on any atom is 0.324 e. The van der Waals surface area contributed by atoms with Crippen LogP contribution in [0.1, 0.15) is 12.0 Å². The zero-order valence-electron chi connectivity index (χ0n) is 14.6. The molecule has 138 valence electrons. The molecule has 2 aliphatic rings. The molecule has 2 atom stereocenters. The maximum absolute atomic E-state index is 6.08. The lowest BCUT2D eigenvalue weighted by Gasteiger charge is -2.33. The van der Waals surface area contributed by atoms with Gasteiger partial charge < -0.3 is 9.42 Å². The summed E-state index contributed by atoms with van der Waals surface area (Å²) in [4.78, 5) is 9.36. The third kappa shape index (κ3) is 3.31. The number of rotatable bonds is 4. The Balaban J connectivity index is 1.30. The summed E-state index contributed by atoms with van der Waals surface area (Å²) in [6.45, 7) is 2.92. The van der Waals surface area contributed by atoms with Crippen LogP contribution in [-0.2, 0) is 6.54 Å². The van der Waals surface area contributed by atoms with Gasteiger partial charge in [-0.25, -0.2) is 0 Å². The first kappa shape index (κ1) is 17.0. The fourth-order valence-corrected chi connectivity index (χ4v) is 4.65. The van der Waals surface area contributed by atoms with Gasteiger partial charge >= 0.3 is 6.01 Å². The van der Waals surface area contributed by atoms with Crippen LogP contribution >= 0.6 is 23.2 Å². The van der Waals surface area contributed by atoms with E-state index in [0.29, 0.717) is 34.0 Å². The van der Waals surface area contributed by atoms with Crippen molar-refractivity contribution in [3.63, 3.8) is 0 Å². The second-order valence-corrected chi connectivity index (χ2v) is 8.04. The number of halogens is 2. The summed E-state index contributed by atoms with van der Waals surface area (Å²) >= 11 is 12.2. The number of hydrogen-bond acceptors (Lipinski definition) is 5. The molecule has 5 nitrogen and oxygen atoms in total. The Kier molecular flexibility index (Phi) is 4.31. The number of nitrogens with zero attached hydrogens (tertiary/aromatic N) is 4. The van der Waals surface area contributed by atoms with Crippen LogP contribution < -0.4 is 4.90 Å². The molecule has 0 spiro atoms. The number of benzene rings is 2. The van der Waals surface area contributed by atoms with E-state index in [2.05, 4.69) is 50.3 Å². The molecular weight excluding hydrogens is 383 g/mol. The monoisotopic (exact) mass is 400 g/mol. The number of anilines is 1. The Hall–Kier alpha value is -2.08. The molecule has 1 aromatic heterocycles. The zero-order valence-corrected chi connectivity index (χ0v) is 16.1. The molecule has 0 saturated carbocycles. The first-order chi connectivity index (χ1) is 13.2. The largest absolute Gasteiger partial charge is 0.324 e. The summed E-state index contributed by atoms with van der Waals surface area (Å²) in [5.41, 5.74) is 2.12. The average molecular weight is 401 g/mol. The van der Waals surface area contributed by atoms with Gasteiger partial charge in [0, 0.05) is 47.3 Å². The van der Waals surface area contributed by atoms with Crippen molar-refractivity contribution in [1.29, 1.82) is 0 Å². The van der Waals surface area contributed by atoms with Crippen LogP contribution in [0.3, 0.4) is 0 Å². The van der Waals surface area contributed by atoms with Crippen LogP contribution in [-0.4, -0.2) is 40.2 Å². The van der Waals surface area contributed by atoms with E-state index >= 15 is 0 Å². The average Bonchev–Trinajstić information content (AvgIpc) is 3.37. The molecule has 0 unspecified atom stereocenters.